The number of amides is 1. The van der Waals surface area contributed by atoms with Crippen LogP contribution in [0.4, 0.5) is 5.69 Å². The number of fused-ring (bicyclic) bond motifs is 1. The van der Waals surface area contributed by atoms with Gasteiger partial charge in [0.15, 0.2) is 0 Å². The van der Waals surface area contributed by atoms with Gasteiger partial charge in [0.2, 0.25) is 11.8 Å². The highest BCUT2D eigenvalue weighted by atomic mass is 16.5. The zero-order chi connectivity index (χ0) is 21.8. The van der Waals surface area contributed by atoms with Crippen LogP contribution in [0.25, 0.3) is 22.5 Å². The normalized spacial score (nSPS) is 10.9. The van der Waals surface area contributed by atoms with Crippen molar-refractivity contribution in [1.82, 2.24) is 14.8 Å². The minimum Gasteiger partial charge on any atom is -0.497 e. The van der Waals surface area contributed by atoms with E-state index in [0.29, 0.717) is 41.1 Å². The van der Waals surface area contributed by atoms with E-state index in [1.807, 2.05) is 34.9 Å². The van der Waals surface area contributed by atoms with Gasteiger partial charge >= 0.3 is 0 Å². The fourth-order valence-corrected chi connectivity index (χ4v) is 3.48. The van der Waals surface area contributed by atoms with Crippen molar-refractivity contribution < 1.29 is 18.7 Å². The van der Waals surface area contributed by atoms with Crippen LogP contribution in [0.15, 0.2) is 52.9 Å². The molecule has 0 unspecified atom stereocenters. The molecule has 31 heavy (non-hydrogen) atoms. The van der Waals surface area contributed by atoms with Crippen molar-refractivity contribution in [2.75, 3.05) is 19.5 Å². The van der Waals surface area contributed by atoms with Gasteiger partial charge in [-0.25, -0.2) is 0 Å². The quantitative estimate of drug-likeness (QED) is 0.457. The Balaban J connectivity index is 1.67. The summed E-state index contributed by atoms with van der Waals surface area (Å²) in [4.78, 5) is 13.0. The number of nitrogens with zero attached hydrogens (tertiary/aromatic N) is 3. The lowest BCUT2D eigenvalue weighted by Gasteiger charge is -2.13. The first kappa shape index (κ1) is 20.5. The molecule has 0 spiro atoms. The van der Waals surface area contributed by atoms with Gasteiger partial charge in [0.25, 0.3) is 5.89 Å². The number of ether oxygens (including phenoxy) is 2. The van der Waals surface area contributed by atoms with Crippen LogP contribution in [0.1, 0.15) is 19.2 Å². The van der Waals surface area contributed by atoms with Crippen molar-refractivity contribution >= 4 is 22.5 Å². The van der Waals surface area contributed by atoms with Gasteiger partial charge in [0, 0.05) is 23.4 Å². The summed E-state index contributed by atoms with van der Waals surface area (Å²) in [6.45, 7) is 2.12. The monoisotopic (exact) mass is 420 g/mol. The molecule has 8 nitrogen and oxygen atoms in total. The zero-order valence-electron chi connectivity index (χ0n) is 17.7. The molecule has 8 heteroatoms. The van der Waals surface area contributed by atoms with Crippen molar-refractivity contribution in [2.45, 2.75) is 26.3 Å². The molecule has 0 aliphatic heterocycles. The predicted molar refractivity (Wildman–Crippen MR) is 117 cm³/mol. The summed E-state index contributed by atoms with van der Waals surface area (Å²) < 4.78 is 18.3. The predicted octanol–water partition coefficient (Wildman–Crippen LogP) is 4.30. The molecular formula is C23H24N4O4. The van der Waals surface area contributed by atoms with Crippen LogP contribution in [0.3, 0.4) is 0 Å². The average Bonchev–Trinajstić information content (AvgIpc) is 3.39. The number of hydrogen-bond donors (Lipinski definition) is 1. The van der Waals surface area contributed by atoms with Gasteiger partial charge in [-0.15, -0.1) is 10.2 Å². The van der Waals surface area contributed by atoms with Crippen molar-refractivity contribution in [3.63, 3.8) is 0 Å². The lowest BCUT2D eigenvalue weighted by atomic mass is 10.2. The SMILES string of the molecule is CCCc1nnc(-c2cc3ccccc3n2CC(=O)Nc2cc(OC)ccc2OC)o1. The summed E-state index contributed by atoms with van der Waals surface area (Å²) in [5.41, 5.74) is 2.14. The van der Waals surface area contributed by atoms with Crippen LogP contribution >= 0.6 is 0 Å². The van der Waals surface area contributed by atoms with Crippen molar-refractivity contribution in [3.05, 3.63) is 54.4 Å². The first-order valence-corrected chi connectivity index (χ1v) is 10.1. The van der Waals surface area contributed by atoms with E-state index in [4.69, 9.17) is 13.9 Å². The van der Waals surface area contributed by atoms with Gasteiger partial charge in [-0.2, -0.15) is 0 Å². The van der Waals surface area contributed by atoms with Crippen LogP contribution in [-0.2, 0) is 17.8 Å². The van der Waals surface area contributed by atoms with Crippen LogP contribution < -0.4 is 14.8 Å². The first-order valence-electron chi connectivity index (χ1n) is 10.1. The zero-order valence-corrected chi connectivity index (χ0v) is 17.7. The van der Waals surface area contributed by atoms with Crippen molar-refractivity contribution in [1.29, 1.82) is 0 Å². The number of methoxy groups -OCH3 is 2. The number of carbonyl (C=O) groups excluding carboxylic acids is 1. The molecular weight excluding hydrogens is 396 g/mol. The molecule has 0 radical (unpaired) electrons. The number of rotatable bonds is 8. The van der Waals surface area contributed by atoms with Crippen LogP contribution in [-0.4, -0.2) is 34.9 Å². The molecule has 1 amide bonds. The van der Waals surface area contributed by atoms with E-state index in [0.717, 1.165) is 17.3 Å². The van der Waals surface area contributed by atoms with Gasteiger partial charge < -0.3 is 23.8 Å². The van der Waals surface area contributed by atoms with Crippen LogP contribution in [0.2, 0.25) is 0 Å². The van der Waals surface area contributed by atoms with Crippen molar-refractivity contribution in [2.24, 2.45) is 0 Å². The molecule has 0 saturated heterocycles. The Labute approximate surface area is 179 Å². The van der Waals surface area contributed by atoms with Crippen molar-refractivity contribution in [3.8, 4) is 23.1 Å². The maximum Gasteiger partial charge on any atom is 0.264 e. The molecule has 1 N–H and O–H groups in total. The second-order valence-corrected chi connectivity index (χ2v) is 7.04. The molecule has 0 fully saturated rings. The van der Waals surface area contributed by atoms with E-state index < -0.39 is 0 Å². The van der Waals surface area contributed by atoms with E-state index in [-0.39, 0.29) is 12.5 Å². The van der Waals surface area contributed by atoms with E-state index in [2.05, 4.69) is 22.4 Å². The van der Waals surface area contributed by atoms with Crippen LogP contribution in [0, 0.1) is 0 Å². The Hall–Kier alpha value is -3.81. The summed E-state index contributed by atoms with van der Waals surface area (Å²) in [6.07, 6.45) is 1.62. The highest BCUT2D eigenvalue weighted by molar-refractivity contribution is 5.95. The van der Waals surface area contributed by atoms with Crippen LogP contribution in [0.5, 0.6) is 11.5 Å². The van der Waals surface area contributed by atoms with Gasteiger partial charge in [0.1, 0.15) is 23.7 Å². The van der Waals surface area contributed by atoms with E-state index in [9.17, 15) is 4.79 Å². The number of nitrogens with one attached hydrogen (secondary N) is 1. The molecule has 2 aromatic carbocycles. The van der Waals surface area contributed by atoms with Gasteiger partial charge in [-0.3, -0.25) is 4.79 Å². The largest absolute Gasteiger partial charge is 0.497 e. The van der Waals surface area contributed by atoms with E-state index >= 15 is 0 Å². The molecule has 4 aromatic rings. The second kappa shape index (κ2) is 8.91. The Morgan fingerprint density at radius 2 is 1.94 bits per heavy atom. The third-order valence-electron chi connectivity index (χ3n) is 4.94. The summed E-state index contributed by atoms with van der Waals surface area (Å²) in [6, 6.07) is 15.0. The molecule has 2 heterocycles. The fraction of sp³-hybridized carbons (Fsp3) is 0.261. The molecule has 4 rings (SSSR count). The molecule has 160 valence electrons. The summed E-state index contributed by atoms with van der Waals surface area (Å²) in [7, 11) is 3.13. The third-order valence-corrected chi connectivity index (χ3v) is 4.94. The number of benzene rings is 2. The minimum absolute atomic E-state index is 0.0642. The number of carbonyl (C=O) groups is 1. The Kier molecular flexibility index (Phi) is 5.88. The van der Waals surface area contributed by atoms with Gasteiger partial charge in [0.05, 0.1) is 19.9 Å². The molecule has 0 atom stereocenters. The summed E-state index contributed by atoms with van der Waals surface area (Å²) in [5, 5.41) is 12.2. The molecule has 0 aliphatic rings. The number of aryl methyl sites for hydroxylation is 1. The summed E-state index contributed by atoms with van der Waals surface area (Å²) in [5.74, 6) is 1.93. The minimum atomic E-state index is -0.220. The highest BCUT2D eigenvalue weighted by Gasteiger charge is 2.19. The standard InChI is InChI=1S/C23H24N4O4/c1-4-7-22-25-26-23(31-22)19-12-15-8-5-6-9-18(15)27(19)14-21(28)24-17-13-16(29-2)10-11-20(17)30-3/h5-6,8-13H,4,7,14H2,1-3H3,(H,24,28). The maximum atomic E-state index is 13.0. The molecule has 2 aromatic heterocycles. The first-order chi connectivity index (χ1) is 15.1. The van der Waals surface area contributed by atoms with Gasteiger partial charge in [-0.05, 0) is 30.7 Å². The maximum absolute atomic E-state index is 13.0. The smallest absolute Gasteiger partial charge is 0.264 e. The third kappa shape index (κ3) is 4.23. The average molecular weight is 420 g/mol. The van der Waals surface area contributed by atoms with E-state index in [1.165, 1.54) is 0 Å². The second-order valence-electron chi connectivity index (χ2n) is 7.04. The number of anilines is 1. The number of hydrogen-bond acceptors (Lipinski definition) is 6. The lowest BCUT2D eigenvalue weighted by molar-refractivity contribution is -0.116. The molecule has 0 bridgehead atoms. The fourth-order valence-electron chi connectivity index (χ4n) is 3.48. The number of aromatic nitrogens is 3. The molecule has 0 saturated carbocycles. The Morgan fingerprint density at radius 3 is 2.71 bits per heavy atom. The summed E-state index contributed by atoms with van der Waals surface area (Å²) >= 11 is 0. The Bertz CT molecular complexity index is 1210. The highest BCUT2D eigenvalue weighted by Crippen LogP contribution is 2.30. The van der Waals surface area contributed by atoms with Gasteiger partial charge in [-0.1, -0.05) is 25.1 Å². The number of para-hydroxylation sites is 1. The van der Waals surface area contributed by atoms with E-state index in [1.54, 1.807) is 32.4 Å². The molecule has 0 aliphatic carbocycles. The lowest BCUT2D eigenvalue weighted by Crippen LogP contribution is -2.19. The Morgan fingerprint density at radius 1 is 1.10 bits per heavy atom. The topological polar surface area (TPSA) is 91.4 Å².